The molecule has 1 N–H and O–H groups in total. The Kier molecular flexibility index (Phi) is 5.72. The zero-order valence-corrected chi connectivity index (χ0v) is 14.5. The summed E-state index contributed by atoms with van der Waals surface area (Å²) in [4.78, 5) is 12.3. The summed E-state index contributed by atoms with van der Waals surface area (Å²) in [5, 5.41) is 4.01. The van der Waals surface area contributed by atoms with Gasteiger partial charge in [0.25, 0.3) is 5.91 Å². The Bertz CT molecular complexity index is 891. The van der Waals surface area contributed by atoms with Crippen LogP contribution >= 0.6 is 0 Å². The van der Waals surface area contributed by atoms with E-state index in [1.54, 1.807) is 19.4 Å². The van der Waals surface area contributed by atoms with Gasteiger partial charge in [0.2, 0.25) is 0 Å². The van der Waals surface area contributed by atoms with Crippen molar-refractivity contribution in [3.63, 3.8) is 0 Å². The van der Waals surface area contributed by atoms with E-state index in [0.29, 0.717) is 12.1 Å². The highest BCUT2D eigenvalue weighted by Crippen LogP contribution is 2.09. The summed E-state index contributed by atoms with van der Waals surface area (Å²) < 4.78 is 7.08. The Hall–Kier alpha value is -3.47. The Balaban J connectivity index is 1.62. The fourth-order valence-corrected chi connectivity index (χ4v) is 2.47. The van der Waals surface area contributed by atoms with Crippen molar-refractivity contribution in [3.05, 3.63) is 95.8 Å². The molecule has 0 aliphatic rings. The Labute approximate surface area is 152 Å². The van der Waals surface area contributed by atoms with E-state index in [1.165, 1.54) is 5.56 Å². The maximum Gasteiger partial charge on any atom is 0.277 e. The highest BCUT2D eigenvalue weighted by molar-refractivity contribution is 5.94. The number of methoxy groups -OCH3 is 1. The van der Waals surface area contributed by atoms with Crippen LogP contribution in [-0.2, 0) is 6.54 Å². The third-order valence-corrected chi connectivity index (χ3v) is 3.82. The summed E-state index contributed by atoms with van der Waals surface area (Å²) >= 11 is 0. The number of aromatic nitrogens is 1. The van der Waals surface area contributed by atoms with E-state index in [-0.39, 0.29) is 5.91 Å². The summed E-state index contributed by atoms with van der Waals surface area (Å²) in [6.45, 7) is 0.705. The molecule has 5 nitrogen and oxygen atoms in total. The number of benzene rings is 2. The topological polar surface area (TPSA) is 54.6 Å². The molecular weight excluding hydrogens is 326 g/mol. The third kappa shape index (κ3) is 4.77. The monoisotopic (exact) mass is 346 g/mol. The molecule has 3 rings (SSSR count). The number of ether oxygens (including phenoxy) is 1. The molecule has 0 radical (unpaired) electrons. The zero-order valence-electron chi connectivity index (χ0n) is 14.5. The van der Waals surface area contributed by atoms with Gasteiger partial charge in [0.05, 0.1) is 13.3 Å². The average molecular weight is 346 g/mol. The van der Waals surface area contributed by atoms with Crippen LogP contribution in [0.2, 0.25) is 0 Å². The summed E-state index contributed by atoms with van der Waals surface area (Å²) in [6, 6.07) is 21.1. The normalized spacial score (nSPS) is 10.7. The molecule has 0 saturated carbocycles. The molecule has 1 amide bonds. The van der Waals surface area contributed by atoms with E-state index in [0.717, 1.165) is 11.3 Å². The molecule has 3 aromatic rings. The average Bonchev–Trinajstić information content (AvgIpc) is 2.69. The molecule has 5 heteroatoms. The first-order valence-electron chi connectivity index (χ1n) is 8.25. The van der Waals surface area contributed by atoms with Crippen molar-refractivity contribution in [2.45, 2.75) is 6.54 Å². The van der Waals surface area contributed by atoms with E-state index in [9.17, 15) is 4.79 Å². The van der Waals surface area contributed by atoms with Crippen molar-refractivity contribution in [2.24, 2.45) is 5.10 Å². The first-order valence-corrected chi connectivity index (χ1v) is 8.25. The lowest BCUT2D eigenvalue weighted by molar-refractivity contribution is -0.688. The van der Waals surface area contributed by atoms with Gasteiger partial charge in [0.15, 0.2) is 18.9 Å². The highest BCUT2D eigenvalue weighted by atomic mass is 16.5. The van der Waals surface area contributed by atoms with E-state index in [4.69, 9.17) is 4.74 Å². The van der Waals surface area contributed by atoms with Gasteiger partial charge in [-0.2, -0.15) is 9.67 Å². The molecule has 0 bridgehead atoms. The van der Waals surface area contributed by atoms with Gasteiger partial charge >= 0.3 is 0 Å². The molecule has 1 heterocycles. The lowest BCUT2D eigenvalue weighted by atomic mass is 10.2. The largest absolute Gasteiger partial charge is 0.497 e. The molecule has 1 aromatic heterocycles. The van der Waals surface area contributed by atoms with Gasteiger partial charge in [0.1, 0.15) is 11.3 Å². The molecule has 26 heavy (non-hydrogen) atoms. The van der Waals surface area contributed by atoms with Gasteiger partial charge in [-0.1, -0.05) is 30.3 Å². The van der Waals surface area contributed by atoms with Crippen molar-refractivity contribution in [3.8, 4) is 5.75 Å². The van der Waals surface area contributed by atoms with Crippen LogP contribution in [0.25, 0.3) is 0 Å². The smallest absolute Gasteiger partial charge is 0.277 e. The molecule has 0 spiro atoms. The van der Waals surface area contributed by atoms with Crippen molar-refractivity contribution in [1.82, 2.24) is 5.43 Å². The van der Waals surface area contributed by atoms with E-state index >= 15 is 0 Å². The molecule has 0 atom stereocenters. The second-order valence-electron chi connectivity index (χ2n) is 5.72. The molecular formula is C21H20N3O2+. The fraction of sp³-hybridized carbons (Fsp3) is 0.0952. The van der Waals surface area contributed by atoms with Crippen molar-refractivity contribution in [2.75, 3.05) is 7.11 Å². The number of hydrogen-bond donors (Lipinski definition) is 1. The van der Waals surface area contributed by atoms with Crippen LogP contribution in [0.3, 0.4) is 0 Å². The summed E-state index contributed by atoms with van der Waals surface area (Å²) in [7, 11) is 1.62. The molecule has 0 unspecified atom stereocenters. The minimum absolute atomic E-state index is 0.253. The van der Waals surface area contributed by atoms with Crippen molar-refractivity contribution in [1.29, 1.82) is 0 Å². The molecule has 2 aromatic carbocycles. The maximum atomic E-state index is 12.3. The molecule has 0 aliphatic carbocycles. The van der Waals surface area contributed by atoms with E-state index in [2.05, 4.69) is 22.7 Å². The SMILES string of the molecule is COc1ccc(/C=N/NC(=O)c2ccc[n+](Cc3ccccc3)c2)cc1. The highest BCUT2D eigenvalue weighted by Gasteiger charge is 2.10. The van der Waals surface area contributed by atoms with Gasteiger partial charge in [0, 0.05) is 11.6 Å². The van der Waals surface area contributed by atoms with Crippen molar-refractivity contribution >= 4 is 12.1 Å². The van der Waals surface area contributed by atoms with E-state index < -0.39 is 0 Å². The number of hydrazone groups is 1. The second kappa shape index (κ2) is 8.58. The summed E-state index contributed by atoms with van der Waals surface area (Å²) in [6.07, 6.45) is 5.34. The standard InChI is InChI=1S/C21H19N3O2/c1-26-20-11-9-17(10-12-20)14-22-23-21(25)19-8-5-13-24(16-19)15-18-6-3-2-4-7-18/h2-14,16H,15H2,1H3/p+1/b22-14+. The van der Waals surface area contributed by atoms with Crippen LogP contribution in [0.4, 0.5) is 0 Å². The van der Waals surface area contributed by atoms with Crippen LogP contribution in [0, 0.1) is 0 Å². The number of nitrogens with one attached hydrogen (secondary N) is 1. The van der Waals surface area contributed by atoms with E-state index in [1.807, 2.05) is 65.5 Å². The van der Waals surface area contributed by atoms with Crippen LogP contribution in [0.5, 0.6) is 5.75 Å². The molecule has 0 fully saturated rings. The Morgan fingerprint density at radius 2 is 1.85 bits per heavy atom. The predicted molar refractivity (Wildman–Crippen MR) is 100 cm³/mol. The minimum atomic E-state index is -0.253. The van der Waals surface area contributed by atoms with Crippen molar-refractivity contribution < 1.29 is 14.1 Å². The van der Waals surface area contributed by atoms with Gasteiger partial charge < -0.3 is 4.74 Å². The number of carbonyl (C=O) groups excluding carboxylic acids is 1. The number of rotatable bonds is 6. The minimum Gasteiger partial charge on any atom is -0.497 e. The number of carbonyl (C=O) groups is 1. The lowest BCUT2D eigenvalue weighted by Gasteiger charge is -2.01. The van der Waals surface area contributed by atoms with Crippen LogP contribution in [-0.4, -0.2) is 19.2 Å². The Morgan fingerprint density at radius 1 is 1.08 bits per heavy atom. The van der Waals surface area contributed by atoms with Crippen LogP contribution in [0.1, 0.15) is 21.5 Å². The number of hydrogen-bond acceptors (Lipinski definition) is 3. The van der Waals surface area contributed by atoms with Crippen LogP contribution < -0.4 is 14.7 Å². The molecule has 130 valence electrons. The Morgan fingerprint density at radius 3 is 2.58 bits per heavy atom. The third-order valence-electron chi connectivity index (χ3n) is 3.82. The quantitative estimate of drug-likeness (QED) is 0.424. The van der Waals surface area contributed by atoms with Gasteiger partial charge in [-0.3, -0.25) is 4.79 Å². The summed E-state index contributed by atoms with van der Waals surface area (Å²) in [5.74, 6) is 0.524. The second-order valence-corrected chi connectivity index (χ2v) is 5.72. The first kappa shape index (κ1) is 17.4. The molecule has 0 saturated heterocycles. The fourth-order valence-electron chi connectivity index (χ4n) is 2.47. The van der Waals surface area contributed by atoms with Crippen LogP contribution in [0.15, 0.2) is 84.2 Å². The zero-order chi connectivity index (χ0) is 18.2. The number of amides is 1. The maximum absolute atomic E-state index is 12.3. The first-order chi connectivity index (χ1) is 12.7. The van der Waals surface area contributed by atoms with Gasteiger partial charge in [-0.15, -0.1) is 0 Å². The lowest BCUT2D eigenvalue weighted by Crippen LogP contribution is -2.35. The molecule has 0 aliphatic heterocycles. The van der Waals surface area contributed by atoms with Gasteiger partial charge in [-0.25, -0.2) is 5.43 Å². The number of nitrogens with zero attached hydrogens (tertiary/aromatic N) is 2. The summed E-state index contributed by atoms with van der Waals surface area (Å²) in [5.41, 5.74) is 5.15. The van der Waals surface area contributed by atoms with Gasteiger partial charge in [-0.05, 0) is 35.9 Å². The number of pyridine rings is 1. The predicted octanol–water partition coefficient (Wildman–Crippen LogP) is 2.79.